The van der Waals surface area contributed by atoms with Gasteiger partial charge in [-0.1, -0.05) is 36.4 Å². The van der Waals surface area contributed by atoms with Gasteiger partial charge in [-0.05, 0) is 30.3 Å². The van der Waals surface area contributed by atoms with E-state index in [2.05, 4.69) is 70.7 Å². The normalized spacial score (nSPS) is 14.2. The number of likely N-dealkylation sites (N-methyl/N-ethyl adjacent to an activating group) is 1. The average molecular weight is 281 g/mol. The van der Waals surface area contributed by atoms with Gasteiger partial charge in [0.05, 0.1) is 11.4 Å². The summed E-state index contributed by atoms with van der Waals surface area (Å²) in [5.74, 6) is 0. The molecule has 0 aliphatic carbocycles. The van der Waals surface area contributed by atoms with Crippen LogP contribution < -0.4 is 15.1 Å². The molecule has 3 heteroatoms. The van der Waals surface area contributed by atoms with Crippen molar-refractivity contribution in [1.29, 1.82) is 0 Å². The predicted molar refractivity (Wildman–Crippen MR) is 90.0 cm³/mol. The molecule has 3 nitrogen and oxygen atoms in total. The lowest BCUT2D eigenvalue weighted by Gasteiger charge is -2.37. The van der Waals surface area contributed by atoms with Gasteiger partial charge in [0.15, 0.2) is 0 Å². The van der Waals surface area contributed by atoms with Gasteiger partial charge in [0, 0.05) is 33.2 Å². The molecule has 0 aromatic heterocycles. The van der Waals surface area contributed by atoms with Crippen molar-refractivity contribution in [3.8, 4) is 0 Å². The minimum atomic E-state index is 0.928. The molecule has 0 unspecified atom stereocenters. The number of hydrogen-bond donors (Lipinski definition) is 1. The molecule has 1 aliphatic rings. The molecule has 21 heavy (non-hydrogen) atoms. The van der Waals surface area contributed by atoms with E-state index >= 15 is 0 Å². The number of para-hydroxylation sites is 2. The molecule has 1 heterocycles. The number of fused-ring (bicyclic) bond motifs is 1. The largest absolute Gasteiger partial charge is 0.371 e. The molecule has 0 spiro atoms. The second-order valence-electron chi connectivity index (χ2n) is 5.68. The highest BCUT2D eigenvalue weighted by atomic mass is 15.2. The zero-order valence-electron chi connectivity index (χ0n) is 12.8. The van der Waals surface area contributed by atoms with Crippen molar-refractivity contribution in [2.45, 2.75) is 13.1 Å². The Kier molecular flexibility index (Phi) is 4.11. The van der Waals surface area contributed by atoms with Crippen molar-refractivity contribution in [1.82, 2.24) is 5.32 Å². The molecule has 0 fully saturated rings. The minimum absolute atomic E-state index is 0.928. The van der Waals surface area contributed by atoms with Crippen LogP contribution in [0, 0.1) is 0 Å². The highest BCUT2D eigenvalue weighted by Crippen LogP contribution is 2.32. The number of nitrogens with one attached hydrogen (secondary N) is 1. The predicted octanol–water partition coefficient (Wildman–Crippen LogP) is 2.86. The van der Waals surface area contributed by atoms with Gasteiger partial charge in [-0.15, -0.1) is 0 Å². The van der Waals surface area contributed by atoms with Gasteiger partial charge in [-0.25, -0.2) is 0 Å². The molecule has 1 N–H and O–H groups in total. The van der Waals surface area contributed by atoms with E-state index in [9.17, 15) is 0 Å². The Morgan fingerprint density at radius 2 is 1.57 bits per heavy atom. The zero-order chi connectivity index (χ0) is 14.7. The third-order valence-corrected chi connectivity index (χ3v) is 4.12. The summed E-state index contributed by atoms with van der Waals surface area (Å²) in [5.41, 5.74) is 5.37. The lowest BCUT2D eigenvalue weighted by Crippen LogP contribution is -2.38. The summed E-state index contributed by atoms with van der Waals surface area (Å²) < 4.78 is 0. The Balaban J connectivity index is 1.78. The van der Waals surface area contributed by atoms with Crippen LogP contribution in [0.3, 0.4) is 0 Å². The maximum absolute atomic E-state index is 3.19. The Morgan fingerprint density at radius 3 is 2.29 bits per heavy atom. The third kappa shape index (κ3) is 3.03. The van der Waals surface area contributed by atoms with Crippen LogP contribution in [0.25, 0.3) is 0 Å². The molecule has 3 rings (SSSR count). The SMILES string of the molecule is CNCc1ccc(CN2CCN(C)c3ccccc32)cc1. The van der Waals surface area contributed by atoms with Crippen LogP contribution in [-0.2, 0) is 13.1 Å². The zero-order valence-corrected chi connectivity index (χ0v) is 12.8. The van der Waals surface area contributed by atoms with Gasteiger partial charge in [-0.3, -0.25) is 0 Å². The molecule has 0 amide bonds. The van der Waals surface area contributed by atoms with E-state index in [-0.39, 0.29) is 0 Å². The quantitative estimate of drug-likeness (QED) is 0.929. The van der Waals surface area contributed by atoms with Crippen molar-refractivity contribution in [3.63, 3.8) is 0 Å². The van der Waals surface area contributed by atoms with E-state index in [1.165, 1.54) is 22.5 Å². The van der Waals surface area contributed by atoms with Crippen molar-refractivity contribution < 1.29 is 0 Å². The summed E-state index contributed by atoms with van der Waals surface area (Å²) >= 11 is 0. The molecule has 0 atom stereocenters. The highest BCUT2D eigenvalue weighted by molar-refractivity contribution is 5.73. The summed E-state index contributed by atoms with van der Waals surface area (Å²) in [5, 5.41) is 3.19. The summed E-state index contributed by atoms with van der Waals surface area (Å²) in [6, 6.07) is 17.6. The molecular formula is C18H23N3. The van der Waals surface area contributed by atoms with Gasteiger partial charge < -0.3 is 15.1 Å². The lowest BCUT2D eigenvalue weighted by molar-refractivity contribution is 0.734. The molecule has 0 saturated heterocycles. The van der Waals surface area contributed by atoms with Crippen molar-refractivity contribution in [2.24, 2.45) is 0 Å². The fourth-order valence-electron chi connectivity index (χ4n) is 2.92. The Labute approximate surface area is 127 Å². The van der Waals surface area contributed by atoms with Crippen molar-refractivity contribution >= 4 is 11.4 Å². The first-order valence-corrected chi connectivity index (χ1v) is 7.55. The Hall–Kier alpha value is -2.00. The van der Waals surface area contributed by atoms with E-state index < -0.39 is 0 Å². The van der Waals surface area contributed by atoms with Gasteiger partial charge in [0.1, 0.15) is 0 Å². The molecule has 1 aliphatic heterocycles. The van der Waals surface area contributed by atoms with E-state index in [0.717, 1.165) is 26.2 Å². The smallest absolute Gasteiger partial charge is 0.0607 e. The van der Waals surface area contributed by atoms with E-state index in [1.54, 1.807) is 0 Å². The highest BCUT2D eigenvalue weighted by Gasteiger charge is 2.19. The van der Waals surface area contributed by atoms with Crippen LogP contribution in [0.1, 0.15) is 11.1 Å². The number of rotatable bonds is 4. The molecule has 110 valence electrons. The molecule has 0 saturated carbocycles. The van der Waals surface area contributed by atoms with Crippen LogP contribution in [-0.4, -0.2) is 27.2 Å². The molecule has 0 radical (unpaired) electrons. The number of anilines is 2. The van der Waals surface area contributed by atoms with E-state index in [1.807, 2.05) is 7.05 Å². The number of hydrogen-bond acceptors (Lipinski definition) is 3. The Bertz CT molecular complexity index is 592. The van der Waals surface area contributed by atoms with E-state index in [4.69, 9.17) is 0 Å². The van der Waals surface area contributed by atoms with Gasteiger partial charge in [0.2, 0.25) is 0 Å². The van der Waals surface area contributed by atoms with Crippen molar-refractivity contribution in [2.75, 3.05) is 37.0 Å². The van der Waals surface area contributed by atoms with E-state index in [0.29, 0.717) is 0 Å². The van der Waals surface area contributed by atoms with Gasteiger partial charge >= 0.3 is 0 Å². The first kappa shape index (κ1) is 14.0. The molecule has 0 bridgehead atoms. The fraction of sp³-hybridized carbons (Fsp3) is 0.333. The average Bonchev–Trinajstić information content (AvgIpc) is 2.52. The minimum Gasteiger partial charge on any atom is -0.371 e. The topological polar surface area (TPSA) is 18.5 Å². The summed E-state index contributed by atoms with van der Waals surface area (Å²) in [7, 11) is 4.15. The summed E-state index contributed by atoms with van der Waals surface area (Å²) in [6.45, 7) is 4.06. The third-order valence-electron chi connectivity index (χ3n) is 4.12. The van der Waals surface area contributed by atoms with Crippen LogP contribution >= 0.6 is 0 Å². The van der Waals surface area contributed by atoms with Crippen LogP contribution in [0.4, 0.5) is 11.4 Å². The number of benzene rings is 2. The Morgan fingerprint density at radius 1 is 0.905 bits per heavy atom. The van der Waals surface area contributed by atoms with Crippen LogP contribution in [0.5, 0.6) is 0 Å². The lowest BCUT2D eigenvalue weighted by atomic mass is 10.1. The first-order chi connectivity index (χ1) is 10.3. The second kappa shape index (κ2) is 6.19. The molecule has 2 aromatic carbocycles. The summed E-state index contributed by atoms with van der Waals surface area (Å²) in [6.07, 6.45) is 0. The first-order valence-electron chi connectivity index (χ1n) is 7.55. The molecular weight excluding hydrogens is 258 g/mol. The van der Waals surface area contributed by atoms with Crippen LogP contribution in [0.2, 0.25) is 0 Å². The monoisotopic (exact) mass is 281 g/mol. The summed E-state index contributed by atoms with van der Waals surface area (Å²) in [4.78, 5) is 4.81. The van der Waals surface area contributed by atoms with Crippen molar-refractivity contribution in [3.05, 3.63) is 59.7 Å². The maximum Gasteiger partial charge on any atom is 0.0607 e. The van der Waals surface area contributed by atoms with Crippen LogP contribution in [0.15, 0.2) is 48.5 Å². The maximum atomic E-state index is 3.19. The van der Waals surface area contributed by atoms with Gasteiger partial charge in [0.25, 0.3) is 0 Å². The fourth-order valence-corrected chi connectivity index (χ4v) is 2.92. The standard InChI is InChI=1S/C18H23N3/c1-19-13-15-7-9-16(10-8-15)14-21-12-11-20(2)17-5-3-4-6-18(17)21/h3-10,19H,11-14H2,1-2H3. The number of nitrogens with zero attached hydrogens (tertiary/aromatic N) is 2. The van der Waals surface area contributed by atoms with Gasteiger partial charge in [-0.2, -0.15) is 0 Å². The second-order valence-corrected chi connectivity index (χ2v) is 5.68. The molecule has 2 aromatic rings.